The van der Waals surface area contributed by atoms with E-state index in [-0.39, 0.29) is 0 Å². The Balaban J connectivity index is 1.62. The van der Waals surface area contributed by atoms with Gasteiger partial charge in [0, 0.05) is 5.56 Å². The average molecular weight is 391 g/mol. The van der Waals surface area contributed by atoms with Crippen molar-refractivity contribution in [2.24, 2.45) is 5.90 Å². The van der Waals surface area contributed by atoms with E-state index in [0.717, 1.165) is 22.3 Å². The summed E-state index contributed by atoms with van der Waals surface area (Å²) in [6.07, 6.45) is 0.113. The van der Waals surface area contributed by atoms with Gasteiger partial charge in [-0.25, -0.2) is 5.90 Å². The Hall–Kier alpha value is -2.86. The molecule has 5 nitrogen and oxygen atoms in total. The minimum atomic E-state index is -0.786. The minimum absolute atomic E-state index is 0.416. The van der Waals surface area contributed by atoms with Crippen LogP contribution in [0.5, 0.6) is 11.5 Å². The van der Waals surface area contributed by atoms with Gasteiger partial charge in [-0.05, 0) is 35.6 Å². The first kappa shape index (κ1) is 19.5. The van der Waals surface area contributed by atoms with E-state index in [1.807, 2.05) is 72.8 Å². The second-order valence-electron chi connectivity index (χ2n) is 7.17. The smallest absolute Gasteiger partial charge is 0.165 e. The zero-order chi connectivity index (χ0) is 20.1. The van der Waals surface area contributed by atoms with E-state index >= 15 is 0 Å². The molecular formula is C24H25NO4. The highest BCUT2D eigenvalue weighted by Crippen LogP contribution is 2.42. The third-order valence-corrected chi connectivity index (χ3v) is 5.25. The first-order valence-electron chi connectivity index (χ1n) is 9.79. The quantitative estimate of drug-likeness (QED) is 0.594. The Kier molecular flexibility index (Phi) is 6.10. The molecule has 4 rings (SSSR count). The summed E-state index contributed by atoms with van der Waals surface area (Å²) >= 11 is 0. The van der Waals surface area contributed by atoms with Crippen molar-refractivity contribution in [3.63, 3.8) is 0 Å². The highest BCUT2D eigenvalue weighted by Gasteiger charge is 2.32. The molecule has 0 saturated carbocycles. The number of hydrogen-bond donors (Lipinski definition) is 2. The largest absolute Gasteiger partial charge is 0.485 e. The van der Waals surface area contributed by atoms with Gasteiger partial charge in [-0.3, -0.25) is 4.84 Å². The Bertz CT molecular complexity index is 930. The number of fused-ring (bicyclic) bond motifs is 1. The molecule has 2 unspecified atom stereocenters. The molecule has 0 aliphatic heterocycles. The van der Waals surface area contributed by atoms with Crippen molar-refractivity contribution in [3.05, 3.63) is 95.1 Å². The molecule has 2 atom stereocenters. The number of benzene rings is 3. The third kappa shape index (κ3) is 4.43. The molecule has 0 spiro atoms. The molecule has 0 bridgehead atoms. The molecule has 3 aromatic rings. The van der Waals surface area contributed by atoms with Crippen molar-refractivity contribution in [1.29, 1.82) is 0 Å². The standard InChI is InChI=1S/C24H25NO4/c25-29-21-13-12-20-19(23(21)26)11-14-22(27-15-17-7-3-1-4-8-17)24(20)28-16-18-9-5-2-6-10-18/h1-11,14,21,23,26H,12-13,15-16,25H2. The number of nitrogens with two attached hydrogens (primary N) is 1. The fourth-order valence-corrected chi connectivity index (χ4v) is 3.68. The van der Waals surface area contributed by atoms with Gasteiger partial charge < -0.3 is 14.6 Å². The lowest BCUT2D eigenvalue weighted by atomic mass is 9.86. The van der Waals surface area contributed by atoms with Gasteiger partial charge in [0.25, 0.3) is 0 Å². The highest BCUT2D eigenvalue weighted by atomic mass is 16.6. The van der Waals surface area contributed by atoms with Crippen molar-refractivity contribution >= 4 is 0 Å². The van der Waals surface area contributed by atoms with Gasteiger partial charge in [-0.1, -0.05) is 66.7 Å². The maximum absolute atomic E-state index is 10.6. The lowest BCUT2D eigenvalue weighted by molar-refractivity contribution is -0.0502. The monoisotopic (exact) mass is 391 g/mol. The van der Waals surface area contributed by atoms with E-state index in [2.05, 4.69) is 0 Å². The summed E-state index contributed by atoms with van der Waals surface area (Å²) in [4.78, 5) is 4.94. The number of ether oxygens (including phenoxy) is 2. The molecule has 0 fully saturated rings. The van der Waals surface area contributed by atoms with E-state index in [4.69, 9.17) is 20.2 Å². The van der Waals surface area contributed by atoms with Crippen LogP contribution in [-0.2, 0) is 24.5 Å². The van der Waals surface area contributed by atoms with Crippen LogP contribution in [0.25, 0.3) is 0 Å². The lowest BCUT2D eigenvalue weighted by Gasteiger charge is -2.30. The topological polar surface area (TPSA) is 73.9 Å². The maximum Gasteiger partial charge on any atom is 0.165 e. The lowest BCUT2D eigenvalue weighted by Crippen LogP contribution is -2.30. The van der Waals surface area contributed by atoms with Gasteiger partial charge in [-0.2, -0.15) is 0 Å². The van der Waals surface area contributed by atoms with Crippen LogP contribution in [0.2, 0.25) is 0 Å². The van der Waals surface area contributed by atoms with Crippen LogP contribution in [0.4, 0.5) is 0 Å². The van der Waals surface area contributed by atoms with Crippen LogP contribution in [0.3, 0.4) is 0 Å². The van der Waals surface area contributed by atoms with Gasteiger partial charge in [0.2, 0.25) is 0 Å². The molecule has 0 amide bonds. The molecule has 1 aliphatic rings. The fraction of sp³-hybridized carbons (Fsp3) is 0.250. The van der Waals surface area contributed by atoms with E-state index in [0.29, 0.717) is 37.6 Å². The molecule has 5 heteroatoms. The molecule has 0 aromatic heterocycles. The SMILES string of the molecule is NOC1CCc2c(ccc(OCc3ccccc3)c2OCc2ccccc2)C1O. The molecule has 1 aliphatic carbocycles. The maximum atomic E-state index is 10.6. The van der Waals surface area contributed by atoms with Gasteiger partial charge >= 0.3 is 0 Å². The van der Waals surface area contributed by atoms with Crippen LogP contribution < -0.4 is 15.4 Å². The predicted octanol–water partition coefficient (Wildman–Crippen LogP) is 4.08. The van der Waals surface area contributed by atoms with Crippen molar-refractivity contribution in [3.8, 4) is 11.5 Å². The normalized spacial score (nSPS) is 18.1. The summed E-state index contributed by atoms with van der Waals surface area (Å²) in [6.45, 7) is 0.865. The van der Waals surface area contributed by atoms with Crippen molar-refractivity contribution in [2.45, 2.75) is 38.3 Å². The van der Waals surface area contributed by atoms with E-state index in [1.165, 1.54) is 0 Å². The first-order valence-corrected chi connectivity index (χ1v) is 9.79. The number of aliphatic hydroxyl groups is 1. The van der Waals surface area contributed by atoms with Gasteiger partial charge in [-0.15, -0.1) is 0 Å². The number of rotatable bonds is 7. The van der Waals surface area contributed by atoms with Crippen LogP contribution in [0.15, 0.2) is 72.8 Å². The van der Waals surface area contributed by atoms with Gasteiger partial charge in [0.05, 0.1) is 0 Å². The molecule has 29 heavy (non-hydrogen) atoms. The summed E-state index contributed by atoms with van der Waals surface area (Å²) in [5, 5.41) is 10.6. The average Bonchev–Trinajstić information content (AvgIpc) is 2.78. The van der Waals surface area contributed by atoms with Crippen molar-refractivity contribution in [2.75, 3.05) is 0 Å². The van der Waals surface area contributed by atoms with Crippen molar-refractivity contribution < 1.29 is 19.4 Å². The number of hydrogen-bond acceptors (Lipinski definition) is 5. The van der Waals surface area contributed by atoms with Crippen LogP contribution in [0, 0.1) is 0 Å². The Morgan fingerprint density at radius 1 is 0.828 bits per heavy atom. The summed E-state index contributed by atoms with van der Waals surface area (Å²) in [5.41, 5.74) is 3.88. The zero-order valence-electron chi connectivity index (χ0n) is 16.2. The number of aliphatic hydroxyl groups excluding tert-OH is 1. The van der Waals surface area contributed by atoms with Crippen LogP contribution in [-0.4, -0.2) is 11.2 Å². The Labute approximate surface area is 170 Å². The minimum Gasteiger partial charge on any atom is -0.485 e. The van der Waals surface area contributed by atoms with Gasteiger partial charge in [0.1, 0.15) is 25.4 Å². The predicted molar refractivity (Wildman–Crippen MR) is 110 cm³/mol. The summed E-state index contributed by atoms with van der Waals surface area (Å²) in [7, 11) is 0. The highest BCUT2D eigenvalue weighted by molar-refractivity contribution is 5.53. The fourth-order valence-electron chi connectivity index (χ4n) is 3.68. The Morgan fingerprint density at radius 3 is 2.07 bits per heavy atom. The van der Waals surface area contributed by atoms with E-state index in [1.54, 1.807) is 0 Å². The summed E-state index contributed by atoms with van der Waals surface area (Å²) in [6, 6.07) is 23.7. The van der Waals surface area contributed by atoms with E-state index in [9.17, 15) is 5.11 Å². The van der Waals surface area contributed by atoms with E-state index < -0.39 is 12.2 Å². The van der Waals surface area contributed by atoms with Crippen LogP contribution >= 0.6 is 0 Å². The van der Waals surface area contributed by atoms with Crippen LogP contribution in [0.1, 0.15) is 34.8 Å². The summed E-state index contributed by atoms with van der Waals surface area (Å²) in [5.74, 6) is 6.70. The second-order valence-corrected chi connectivity index (χ2v) is 7.17. The molecule has 150 valence electrons. The third-order valence-electron chi connectivity index (χ3n) is 5.25. The zero-order valence-corrected chi connectivity index (χ0v) is 16.2. The second kappa shape index (κ2) is 9.09. The first-order chi connectivity index (χ1) is 14.3. The molecule has 0 radical (unpaired) electrons. The molecule has 0 saturated heterocycles. The summed E-state index contributed by atoms with van der Waals surface area (Å²) < 4.78 is 12.3. The molecule has 3 N–H and O–H groups in total. The Morgan fingerprint density at radius 2 is 1.45 bits per heavy atom. The molecule has 3 aromatic carbocycles. The molecule has 0 heterocycles. The van der Waals surface area contributed by atoms with Gasteiger partial charge in [0.15, 0.2) is 11.5 Å². The molecular weight excluding hydrogens is 366 g/mol. The van der Waals surface area contributed by atoms with Crippen molar-refractivity contribution in [1.82, 2.24) is 0 Å².